The van der Waals surface area contributed by atoms with E-state index in [0.29, 0.717) is 13.1 Å². The molecule has 1 atom stereocenters. The SMILES string of the molecule is C[C@@H](NC(=O)C(C)(C)C)C(=O)N1CCC(Nc2cccnn2)CC1. The van der Waals surface area contributed by atoms with Gasteiger partial charge in [-0.15, -0.1) is 5.10 Å². The van der Waals surface area contributed by atoms with E-state index in [-0.39, 0.29) is 17.9 Å². The van der Waals surface area contributed by atoms with Crippen LogP contribution in [0.1, 0.15) is 40.5 Å². The molecule has 0 bridgehead atoms. The predicted octanol–water partition coefficient (Wildman–Crippen LogP) is 1.43. The molecule has 1 saturated heterocycles. The maximum absolute atomic E-state index is 12.5. The van der Waals surface area contributed by atoms with Crippen LogP contribution in [0.25, 0.3) is 0 Å². The standard InChI is InChI=1S/C17H27N5O2/c1-12(19-16(24)17(2,3)4)15(23)22-10-7-13(8-11-22)20-14-6-5-9-18-21-14/h5-6,9,12-13H,7-8,10-11H2,1-4H3,(H,19,24)(H,20,21)/t12-/m1/s1. The third kappa shape index (κ3) is 4.91. The predicted molar refractivity (Wildman–Crippen MR) is 92.3 cm³/mol. The molecule has 24 heavy (non-hydrogen) atoms. The van der Waals surface area contributed by atoms with Crippen molar-refractivity contribution in [2.75, 3.05) is 18.4 Å². The summed E-state index contributed by atoms with van der Waals surface area (Å²) < 4.78 is 0. The highest BCUT2D eigenvalue weighted by atomic mass is 16.2. The highest BCUT2D eigenvalue weighted by Gasteiger charge is 2.29. The second-order valence-corrected chi connectivity index (χ2v) is 7.30. The molecular formula is C17H27N5O2. The molecule has 0 aliphatic carbocycles. The van der Waals surface area contributed by atoms with Crippen LogP contribution in [-0.4, -0.2) is 52.1 Å². The van der Waals surface area contributed by atoms with Gasteiger partial charge >= 0.3 is 0 Å². The molecule has 2 rings (SSSR count). The summed E-state index contributed by atoms with van der Waals surface area (Å²) >= 11 is 0. The first-order chi connectivity index (χ1) is 11.3. The van der Waals surface area contributed by atoms with Crippen LogP contribution in [-0.2, 0) is 9.59 Å². The quantitative estimate of drug-likeness (QED) is 0.870. The Labute approximate surface area is 143 Å². The van der Waals surface area contributed by atoms with Gasteiger partial charge in [-0.1, -0.05) is 20.8 Å². The molecule has 0 radical (unpaired) electrons. The molecule has 1 aromatic rings. The van der Waals surface area contributed by atoms with Gasteiger partial charge in [0.2, 0.25) is 11.8 Å². The Morgan fingerprint density at radius 1 is 1.29 bits per heavy atom. The zero-order chi connectivity index (χ0) is 17.7. The molecular weight excluding hydrogens is 306 g/mol. The summed E-state index contributed by atoms with van der Waals surface area (Å²) in [6, 6.07) is 3.51. The lowest BCUT2D eigenvalue weighted by atomic mass is 9.95. The van der Waals surface area contributed by atoms with E-state index in [9.17, 15) is 9.59 Å². The third-order valence-electron chi connectivity index (χ3n) is 4.13. The molecule has 2 heterocycles. The topological polar surface area (TPSA) is 87.2 Å². The number of anilines is 1. The number of amides is 2. The number of nitrogens with zero attached hydrogens (tertiary/aromatic N) is 3. The van der Waals surface area contributed by atoms with Crippen molar-refractivity contribution < 1.29 is 9.59 Å². The minimum atomic E-state index is -0.499. The number of nitrogens with one attached hydrogen (secondary N) is 2. The summed E-state index contributed by atoms with van der Waals surface area (Å²) in [6.45, 7) is 8.60. The second-order valence-electron chi connectivity index (χ2n) is 7.30. The van der Waals surface area contributed by atoms with Crippen LogP contribution >= 0.6 is 0 Å². The van der Waals surface area contributed by atoms with Gasteiger partial charge in [0, 0.05) is 30.7 Å². The summed E-state index contributed by atoms with van der Waals surface area (Å²) in [5.74, 6) is 0.626. The molecule has 132 valence electrons. The highest BCUT2D eigenvalue weighted by Crippen LogP contribution is 2.16. The minimum Gasteiger partial charge on any atom is -0.366 e. The maximum atomic E-state index is 12.5. The van der Waals surface area contributed by atoms with E-state index >= 15 is 0 Å². The van der Waals surface area contributed by atoms with E-state index < -0.39 is 11.5 Å². The van der Waals surface area contributed by atoms with Crippen LogP contribution in [0.3, 0.4) is 0 Å². The molecule has 1 aromatic heterocycles. The Morgan fingerprint density at radius 3 is 2.50 bits per heavy atom. The van der Waals surface area contributed by atoms with Gasteiger partial charge < -0.3 is 15.5 Å². The Kier molecular flexibility index (Phi) is 5.75. The summed E-state index contributed by atoms with van der Waals surface area (Å²) in [5, 5.41) is 14.0. The number of likely N-dealkylation sites (tertiary alicyclic amines) is 1. The molecule has 1 aliphatic heterocycles. The average Bonchev–Trinajstić information content (AvgIpc) is 2.55. The fourth-order valence-electron chi connectivity index (χ4n) is 2.58. The number of hydrogen-bond acceptors (Lipinski definition) is 5. The number of carbonyl (C=O) groups excluding carboxylic acids is 2. The van der Waals surface area contributed by atoms with E-state index in [0.717, 1.165) is 18.7 Å². The van der Waals surface area contributed by atoms with E-state index in [1.54, 1.807) is 13.1 Å². The average molecular weight is 333 g/mol. The second kappa shape index (κ2) is 7.59. The first kappa shape index (κ1) is 18.2. The van der Waals surface area contributed by atoms with Crippen LogP contribution in [0.4, 0.5) is 5.82 Å². The Bertz CT molecular complexity index is 562. The smallest absolute Gasteiger partial charge is 0.244 e. The summed E-state index contributed by atoms with van der Waals surface area (Å²) in [6.07, 6.45) is 3.34. The normalized spacial score (nSPS) is 17.2. The van der Waals surface area contributed by atoms with Crippen LogP contribution < -0.4 is 10.6 Å². The van der Waals surface area contributed by atoms with E-state index in [1.165, 1.54) is 0 Å². The zero-order valence-electron chi connectivity index (χ0n) is 14.9. The van der Waals surface area contributed by atoms with Crippen LogP contribution in [0.15, 0.2) is 18.3 Å². The lowest BCUT2D eigenvalue weighted by Crippen LogP contribution is -2.52. The third-order valence-corrected chi connectivity index (χ3v) is 4.13. The molecule has 7 nitrogen and oxygen atoms in total. The number of aromatic nitrogens is 2. The summed E-state index contributed by atoms with van der Waals surface area (Å²) in [5.41, 5.74) is -0.498. The number of piperidine rings is 1. The van der Waals surface area contributed by atoms with Gasteiger partial charge in [-0.05, 0) is 31.9 Å². The summed E-state index contributed by atoms with van der Waals surface area (Å²) in [7, 11) is 0. The lowest BCUT2D eigenvalue weighted by molar-refractivity contribution is -0.138. The molecule has 0 saturated carbocycles. The molecule has 2 N–H and O–H groups in total. The highest BCUT2D eigenvalue weighted by molar-refractivity contribution is 5.89. The first-order valence-corrected chi connectivity index (χ1v) is 8.41. The van der Waals surface area contributed by atoms with Gasteiger partial charge in [-0.2, -0.15) is 5.10 Å². The van der Waals surface area contributed by atoms with Crippen molar-refractivity contribution >= 4 is 17.6 Å². The Balaban J connectivity index is 1.81. The minimum absolute atomic E-state index is 0.0226. The number of hydrogen-bond donors (Lipinski definition) is 2. The van der Waals surface area contributed by atoms with Crippen molar-refractivity contribution in [1.29, 1.82) is 0 Å². The lowest BCUT2D eigenvalue weighted by Gasteiger charge is -2.34. The van der Waals surface area contributed by atoms with Crippen molar-refractivity contribution in [3.8, 4) is 0 Å². The molecule has 0 spiro atoms. The van der Waals surface area contributed by atoms with Gasteiger partial charge in [-0.3, -0.25) is 9.59 Å². The van der Waals surface area contributed by atoms with Gasteiger partial charge in [0.25, 0.3) is 0 Å². The van der Waals surface area contributed by atoms with E-state index in [1.807, 2.05) is 37.8 Å². The van der Waals surface area contributed by atoms with Gasteiger partial charge in [0.05, 0.1) is 0 Å². The largest absolute Gasteiger partial charge is 0.366 e. The maximum Gasteiger partial charge on any atom is 0.244 e. The molecule has 1 aliphatic rings. The molecule has 1 fully saturated rings. The number of rotatable bonds is 4. The van der Waals surface area contributed by atoms with Crippen LogP contribution in [0, 0.1) is 5.41 Å². The zero-order valence-corrected chi connectivity index (χ0v) is 14.9. The molecule has 0 unspecified atom stereocenters. The number of carbonyl (C=O) groups is 2. The van der Waals surface area contributed by atoms with Crippen molar-refractivity contribution in [3.63, 3.8) is 0 Å². The van der Waals surface area contributed by atoms with Gasteiger partial charge in [0.15, 0.2) is 0 Å². The van der Waals surface area contributed by atoms with Crippen molar-refractivity contribution in [2.24, 2.45) is 5.41 Å². The molecule has 7 heteroatoms. The van der Waals surface area contributed by atoms with Crippen LogP contribution in [0.5, 0.6) is 0 Å². The Hall–Kier alpha value is -2.18. The fourth-order valence-corrected chi connectivity index (χ4v) is 2.58. The van der Waals surface area contributed by atoms with E-state index in [4.69, 9.17) is 0 Å². The van der Waals surface area contributed by atoms with Crippen molar-refractivity contribution in [3.05, 3.63) is 18.3 Å². The Morgan fingerprint density at radius 2 is 1.96 bits per heavy atom. The molecule has 2 amide bonds. The van der Waals surface area contributed by atoms with Gasteiger partial charge in [0.1, 0.15) is 11.9 Å². The fraction of sp³-hybridized carbons (Fsp3) is 0.647. The van der Waals surface area contributed by atoms with Gasteiger partial charge in [-0.25, -0.2) is 0 Å². The molecule has 0 aromatic carbocycles. The first-order valence-electron chi connectivity index (χ1n) is 8.41. The van der Waals surface area contributed by atoms with Crippen LogP contribution in [0.2, 0.25) is 0 Å². The van der Waals surface area contributed by atoms with E-state index in [2.05, 4.69) is 20.8 Å². The van der Waals surface area contributed by atoms with Crippen molar-refractivity contribution in [2.45, 2.75) is 52.6 Å². The monoisotopic (exact) mass is 333 g/mol. The van der Waals surface area contributed by atoms with Crippen molar-refractivity contribution in [1.82, 2.24) is 20.4 Å². The summed E-state index contributed by atoms with van der Waals surface area (Å²) in [4.78, 5) is 26.3.